The topological polar surface area (TPSA) is 58.2 Å². The van der Waals surface area contributed by atoms with Crippen molar-refractivity contribution < 1.29 is 8.42 Å². The Balaban J connectivity index is 2.39. The number of hydrogen-bond acceptors (Lipinski definition) is 3. The molecule has 0 atom stereocenters. The Morgan fingerprint density at radius 3 is 2.48 bits per heavy atom. The zero-order valence-corrected chi connectivity index (χ0v) is 15.2. The monoisotopic (exact) mass is 374 g/mol. The molecular formula is C15H23BrN2O2S. The Hall–Kier alpha value is -0.430. The summed E-state index contributed by atoms with van der Waals surface area (Å²) < 4.78 is 29.1. The highest BCUT2D eigenvalue weighted by Crippen LogP contribution is 2.37. The molecule has 1 aliphatic rings. The molecule has 1 saturated carbocycles. The molecule has 6 heteroatoms. The van der Waals surface area contributed by atoms with E-state index in [4.69, 9.17) is 0 Å². The zero-order chi connectivity index (χ0) is 15.7. The Kier molecular flexibility index (Phi) is 5.13. The van der Waals surface area contributed by atoms with Crippen molar-refractivity contribution in [3.63, 3.8) is 0 Å². The Bertz CT molecular complexity index is 619. The Morgan fingerprint density at radius 2 is 2.00 bits per heavy atom. The number of nitrogens with one attached hydrogen (secondary N) is 2. The van der Waals surface area contributed by atoms with Gasteiger partial charge in [-0.2, -0.15) is 0 Å². The Morgan fingerprint density at radius 1 is 1.33 bits per heavy atom. The number of benzene rings is 1. The van der Waals surface area contributed by atoms with Gasteiger partial charge in [0.2, 0.25) is 10.0 Å². The molecule has 0 spiro atoms. The highest BCUT2D eigenvalue weighted by atomic mass is 79.9. The first-order valence-electron chi connectivity index (χ1n) is 7.31. The third-order valence-electron chi connectivity index (χ3n) is 4.29. The summed E-state index contributed by atoms with van der Waals surface area (Å²) in [5.74, 6) is 0. The third-order valence-corrected chi connectivity index (χ3v) is 7.21. The van der Waals surface area contributed by atoms with Crippen LogP contribution in [0.2, 0.25) is 0 Å². The molecule has 4 nitrogen and oxygen atoms in total. The van der Waals surface area contributed by atoms with Gasteiger partial charge in [0.25, 0.3) is 0 Å². The summed E-state index contributed by atoms with van der Waals surface area (Å²) >= 11 is 3.43. The van der Waals surface area contributed by atoms with E-state index < -0.39 is 10.0 Å². The smallest absolute Gasteiger partial charge is 0.242 e. The van der Waals surface area contributed by atoms with Gasteiger partial charge in [-0.3, -0.25) is 0 Å². The lowest BCUT2D eigenvalue weighted by atomic mass is 9.76. The number of rotatable bonds is 6. The molecule has 1 aliphatic carbocycles. The molecule has 0 unspecified atom stereocenters. The van der Waals surface area contributed by atoms with Gasteiger partial charge in [0, 0.05) is 16.6 Å². The van der Waals surface area contributed by atoms with E-state index in [-0.39, 0.29) is 5.54 Å². The van der Waals surface area contributed by atoms with Gasteiger partial charge in [-0.25, -0.2) is 13.1 Å². The second-order valence-electron chi connectivity index (χ2n) is 5.85. The normalized spacial score (nSPS) is 17.5. The summed E-state index contributed by atoms with van der Waals surface area (Å²) in [6.07, 6.45) is 3.78. The van der Waals surface area contributed by atoms with Crippen molar-refractivity contribution in [3.05, 3.63) is 27.7 Å². The van der Waals surface area contributed by atoms with Crippen molar-refractivity contribution in [2.45, 2.75) is 56.5 Å². The van der Waals surface area contributed by atoms with Crippen molar-refractivity contribution in [1.82, 2.24) is 10.0 Å². The SMILES string of the molecule is CCC1(NS(=O)(=O)c2cc(CNC)cc(C)c2Br)CCC1. The minimum absolute atomic E-state index is 0.245. The van der Waals surface area contributed by atoms with E-state index in [1.807, 2.05) is 27.0 Å². The van der Waals surface area contributed by atoms with Crippen LogP contribution in [0.1, 0.15) is 43.7 Å². The molecule has 0 amide bonds. The van der Waals surface area contributed by atoms with Crippen LogP contribution in [0.5, 0.6) is 0 Å². The maximum absolute atomic E-state index is 12.8. The molecule has 0 radical (unpaired) electrons. The van der Waals surface area contributed by atoms with Crippen molar-refractivity contribution >= 4 is 26.0 Å². The van der Waals surface area contributed by atoms with E-state index in [1.165, 1.54) is 0 Å². The summed E-state index contributed by atoms with van der Waals surface area (Å²) in [6, 6.07) is 3.75. The van der Waals surface area contributed by atoms with Gasteiger partial charge in [0.15, 0.2) is 0 Å². The average Bonchev–Trinajstić information content (AvgIpc) is 2.38. The van der Waals surface area contributed by atoms with Crippen LogP contribution >= 0.6 is 15.9 Å². The predicted octanol–water partition coefficient (Wildman–Crippen LogP) is 3.09. The van der Waals surface area contributed by atoms with Crippen LogP contribution in [0.3, 0.4) is 0 Å². The van der Waals surface area contributed by atoms with Crippen LogP contribution in [0.25, 0.3) is 0 Å². The fourth-order valence-electron chi connectivity index (χ4n) is 2.78. The highest BCUT2D eigenvalue weighted by molar-refractivity contribution is 9.10. The fourth-order valence-corrected chi connectivity index (χ4v) is 5.38. The minimum Gasteiger partial charge on any atom is -0.316 e. The van der Waals surface area contributed by atoms with Gasteiger partial charge in [-0.1, -0.05) is 13.0 Å². The fraction of sp³-hybridized carbons (Fsp3) is 0.600. The summed E-state index contributed by atoms with van der Waals surface area (Å²) in [5.41, 5.74) is 1.66. The van der Waals surface area contributed by atoms with Crippen LogP contribution in [0.4, 0.5) is 0 Å². The number of hydrogen-bond donors (Lipinski definition) is 2. The van der Waals surface area contributed by atoms with E-state index in [0.29, 0.717) is 15.9 Å². The number of aryl methyl sites for hydroxylation is 1. The summed E-state index contributed by atoms with van der Waals surface area (Å²) in [5, 5.41) is 3.06. The van der Waals surface area contributed by atoms with Gasteiger partial charge in [-0.15, -0.1) is 0 Å². The van der Waals surface area contributed by atoms with Gasteiger partial charge >= 0.3 is 0 Å². The molecule has 0 aliphatic heterocycles. The van der Waals surface area contributed by atoms with Crippen molar-refractivity contribution in [1.29, 1.82) is 0 Å². The van der Waals surface area contributed by atoms with Gasteiger partial charge < -0.3 is 5.32 Å². The van der Waals surface area contributed by atoms with E-state index in [1.54, 1.807) is 6.07 Å². The molecular weight excluding hydrogens is 352 g/mol. The quantitative estimate of drug-likeness (QED) is 0.804. The first-order chi connectivity index (χ1) is 9.83. The molecule has 1 aromatic carbocycles. The first kappa shape index (κ1) is 16.9. The molecule has 1 fully saturated rings. The lowest BCUT2D eigenvalue weighted by molar-refractivity contribution is 0.214. The van der Waals surface area contributed by atoms with Crippen LogP contribution in [0, 0.1) is 6.92 Å². The molecule has 118 valence electrons. The molecule has 0 bridgehead atoms. The maximum Gasteiger partial charge on any atom is 0.242 e. The third kappa shape index (κ3) is 3.50. The Labute approximate surface area is 135 Å². The summed E-state index contributed by atoms with van der Waals surface area (Å²) in [6.45, 7) is 4.61. The first-order valence-corrected chi connectivity index (χ1v) is 9.59. The molecule has 0 aromatic heterocycles. The van der Waals surface area contributed by atoms with Crippen molar-refractivity contribution in [2.75, 3.05) is 7.05 Å². The average molecular weight is 375 g/mol. The van der Waals surface area contributed by atoms with E-state index >= 15 is 0 Å². The minimum atomic E-state index is -3.51. The summed E-state index contributed by atoms with van der Waals surface area (Å²) in [7, 11) is -1.66. The lowest BCUT2D eigenvalue weighted by Crippen LogP contribution is -2.52. The molecule has 1 aromatic rings. The van der Waals surface area contributed by atoms with Gasteiger partial charge in [0.1, 0.15) is 0 Å². The molecule has 2 N–H and O–H groups in total. The maximum atomic E-state index is 12.8. The van der Waals surface area contributed by atoms with Crippen molar-refractivity contribution in [3.8, 4) is 0 Å². The van der Waals surface area contributed by atoms with Crippen LogP contribution in [-0.2, 0) is 16.6 Å². The predicted molar refractivity (Wildman–Crippen MR) is 88.8 cm³/mol. The van der Waals surface area contributed by atoms with E-state index in [2.05, 4.69) is 26.0 Å². The number of sulfonamides is 1. The number of halogens is 1. The van der Waals surface area contributed by atoms with Crippen LogP contribution in [0.15, 0.2) is 21.5 Å². The van der Waals surface area contributed by atoms with Crippen LogP contribution in [-0.4, -0.2) is 21.0 Å². The molecule has 0 heterocycles. The highest BCUT2D eigenvalue weighted by Gasteiger charge is 2.39. The summed E-state index contributed by atoms with van der Waals surface area (Å²) in [4.78, 5) is 0.340. The van der Waals surface area contributed by atoms with Gasteiger partial charge in [0.05, 0.1) is 4.90 Å². The second-order valence-corrected chi connectivity index (χ2v) is 8.29. The van der Waals surface area contributed by atoms with E-state index in [9.17, 15) is 8.42 Å². The van der Waals surface area contributed by atoms with Crippen molar-refractivity contribution in [2.24, 2.45) is 0 Å². The van der Waals surface area contributed by atoms with E-state index in [0.717, 1.165) is 36.8 Å². The standard InChI is InChI=1S/C15H23BrN2O2S/c1-4-15(6-5-7-15)18-21(19,20)13-9-12(10-17-3)8-11(2)14(13)16/h8-9,17-18H,4-7,10H2,1-3H3. The molecule has 2 rings (SSSR count). The molecule has 21 heavy (non-hydrogen) atoms. The van der Waals surface area contributed by atoms with Crippen LogP contribution < -0.4 is 10.0 Å². The largest absolute Gasteiger partial charge is 0.316 e. The van der Waals surface area contributed by atoms with Gasteiger partial charge in [-0.05, 0) is 72.8 Å². The molecule has 0 saturated heterocycles. The second kappa shape index (κ2) is 6.36. The zero-order valence-electron chi connectivity index (χ0n) is 12.8. The lowest BCUT2D eigenvalue weighted by Gasteiger charge is -2.41.